The van der Waals surface area contributed by atoms with E-state index in [1.807, 2.05) is 37.4 Å². The lowest BCUT2D eigenvalue weighted by Gasteiger charge is -1.95. The molecule has 0 saturated carbocycles. The molecular weight excluding hydrogens is 174 g/mol. The molecular formula is C11H13N3. The first-order valence-corrected chi connectivity index (χ1v) is 4.65. The molecule has 0 N–H and O–H groups in total. The molecule has 3 heteroatoms. The highest BCUT2D eigenvalue weighted by molar-refractivity contribution is 5.55. The van der Waals surface area contributed by atoms with Crippen LogP contribution in [0.25, 0.3) is 5.65 Å². The van der Waals surface area contributed by atoms with E-state index in [4.69, 9.17) is 5.26 Å². The molecule has 3 nitrogen and oxygen atoms in total. The highest BCUT2D eigenvalue weighted by atomic mass is 15.0. The third kappa shape index (κ3) is 1.60. The Labute approximate surface area is 83.6 Å². The maximum absolute atomic E-state index is 8.74. The molecule has 2 rings (SSSR count). The maximum Gasteiger partial charge on any atom is 0.154 e. The van der Waals surface area contributed by atoms with Crippen LogP contribution in [0.4, 0.5) is 0 Å². The summed E-state index contributed by atoms with van der Waals surface area (Å²) in [6.45, 7) is 5.96. The Morgan fingerprint density at radius 2 is 2.14 bits per heavy atom. The van der Waals surface area contributed by atoms with Crippen molar-refractivity contribution in [3.05, 3.63) is 35.8 Å². The number of hydrogen-bond donors (Lipinski definition) is 0. The summed E-state index contributed by atoms with van der Waals surface area (Å²) in [6, 6.07) is 5.71. The quantitative estimate of drug-likeness (QED) is 0.636. The van der Waals surface area contributed by atoms with Crippen LogP contribution >= 0.6 is 0 Å². The Balaban J connectivity index is 0.000000461. The standard InChI is InChI=1S/C9H7N3.C2H6/c1-7-6-11-9-8(5-10)3-2-4-12(7)9;1-2/h2-4,6H,1H3;1-2H3. The minimum atomic E-state index is 0.616. The van der Waals surface area contributed by atoms with Crippen LogP contribution in [0.2, 0.25) is 0 Å². The van der Waals surface area contributed by atoms with Gasteiger partial charge in [-0.05, 0) is 19.1 Å². The van der Waals surface area contributed by atoms with Crippen molar-refractivity contribution >= 4 is 5.65 Å². The Hall–Kier alpha value is -1.82. The number of fused-ring (bicyclic) bond motifs is 1. The smallest absolute Gasteiger partial charge is 0.154 e. The lowest BCUT2D eigenvalue weighted by atomic mass is 10.3. The van der Waals surface area contributed by atoms with Gasteiger partial charge in [0.15, 0.2) is 5.65 Å². The number of rotatable bonds is 0. The molecule has 2 aromatic heterocycles. The number of aryl methyl sites for hydroxylation is 1. The van der Waals surface area contributed by atoms with Crippen molar-refractivity contribution in [1.29, 1.82) is 5.26 Å². The SMILES string of the molecule is CC.Cc1cnc2c(C#N)cccn12. The van der Waals surface area contributed by atoms with Gasteiger partial charge in [0.2, 0.25) is 0 Å². The van der Waals surface area contributed by atoms with Crippen molar-refractivity contribution in [2.45, 2.75) is 20.8 Å². The fraction of sp³-hybridized carbons (Fsp3) is 0.273. The Morgan fingerprint density at radius 1 is 1.43 bits per heavy atom. The van der Waals surface area contributed by atoms with E-state index in [0.717, 1.165) is 11.3 Å². The van der Waals surface area contributed by atoms with Gasteiger partial charge in [-0.1, -0.05) is 13.8 Å². The van der Waals surface area contributed by atoms with Gasteiger partial charge in [-0.25, -0.2) is 4.98 Å². The summed E-state index contributed by atoms with van der Waals surface area (Å²) < 4.78 is 1.90. The topological polar surface area (TPSA) is 41.1 Å². The molecule has 0 unspecified atom stereocenters. The molecule has 72 valence electrons. The highest BCUT2D eigenvalue weighted by Crippen LogP contribution is 2.09. The molecule has 0 spiro atoms. The average Bonchev–Trinajstić information content (AvgIpc) is 2.64. The van der Waals surface area contributed by atoms with Crippen LogP contribution in [0, 0.1) is 18.3 Å². The van der Waals surface area contributed by atoms with Gasteiger partial charge in [0, 0.05) is 18.1 Å². The summed E-state index contributed by atoms with van der Waals surface area (Å²) in [6.07, 6.45) is 3.66. The Bertz CT molecular complexity index is 463. The van der Waals surface area contributed by atoms with E-state index in [0.29, 0.717) is 5.56 Å². The van der Waals surface area contributed by atoms with E-state index in [1.54, 1.807) is 12.3 Å². The molecule has 0 atom stereocenters. The number of imidazole rings is 1. The lowest BCUT2D eigenvalue weighted by Crippen LogP contribution is -1.88. The van der Waals surface area contributed by atoms with E-state index in [2.05, 4.69) is 11.1 Å². The molecule has 0 saturated heterocycles. The fourth-order valence-electron chi connectivity index (χ4n) is 1.22. The monoisotopic (exact) mass is 187 g/mol. The second-order valence-corrected chi connectivity index (χ2v) is 2.63. The summed E-state index contributed by atoms with van der Waals surface area (Å²) in [4.78, 5) is 4.13. The molecule has 0 aliphatic carbocycles. The number of nitriles is 1. The zero-order valence-corrected chi connectivity index (χ0v) is 8.65. The van der Waals surface area contributed by atoms with Crippen molar-refractivity contribution in [2.75, 3.05) is 0 Å². The molecule has 0 amide bonds. The highest BCUT2D eigenvalue weighted by Gasteiger charge is 2.02. The van der Waals surface area contributed by atoms with Crippen molar-refractivity contribution in [3.8, 4) is 6.07 Å². The minimum Gasteiger partial charge on any atom is -0.303 e. The zero-order valence-electron chi connectivity index (χ0n) is 8.65. The molecule has 0 bridgehead atoms. The number of hydrogen-bond acceptors (Lipinski definition) is 2. The van der Waals surface area contributed by atoms with Crippen LogP contribution in [0.3, 0.4) is 0 Å². The molecule has 14 heavy (non-hydrogen) atoms. The zero-order chi connectivity index (χ0) is 10.6. The van der Waals surface area contributed by atoms with E-state index >= 15 is 0 Å². The fourth-order valence-corrected chi connectivity index (χ4v) is 1.22. The predicted molar refractivity (Wildman–Crippen MR) is 56.0 cm³/mol. The molecule has 0 fully saturated rings. The summed E-state index contributed by atoms with van der Waals surface area (Å²) in [7, 11) is 0. The van der Waals surface area contributed by atoms with E-state index < -0.39 is 0 Å². The number of aromatic nitrogens is 2. The van der Waals surface area contributed by atoms with Gasteiger partial charge in [0.05, 0.1) is 5.56 Å². The third-order valence-electron chi connectivity index (χ3n) is 1.84. The van der Waals surface area contributed by atoms with Crippen LogP contribution in [0.15, 0.2) is 24.5 Å². The Morgan fingerprint density at radius 3 is 2.79 bits per heavy atom. The predicted octanol–water partition coefficient (Wildman–Crippen LogP) is 2.54. The van der Waals surface area contributed by atoms with E-state index in [9.17, 15) is 0 Å². The second kappa shape index (κ2) is 4.43. The van der Waals surface area contributed by atoms with Crippen molar-refractivity contribution in [1.82, 2.24) is 9.38 Å². The van der Waals surface area contributed by atoms with E-state index in [-0.39, 0.29) is 0 Å². The summed E-state index contributed by atoms with van der Waals surface area (Å²) in [5.74, 6) is 0. The minimum absolute atomic E-state index is 0.616. The van der Waals surface area contributed by atoms with Gasteiger partial charge in [0.25, 0.3) is 0 Å². The molecule has 2 heterocycles. The normalized spacial score (nSPS) is 9.00. The molecule has 0 aromatic carbocycles. The van der Waals surface area contributed by atoms with Crippen molar-refractivity contribution in [2.24, 2.45) is 0 Å². The first-order chi connectivity index (χ1) is 6.83. The molecule has 0 radical (unpaired) electrons. The summed E-state index contributed by atoms with van der Waals surface area (Å²) in [5.41, 5.74) is 2.39. The maximum atomic E-state index is 8.74. The summed E-state index contributed by atoms with van der Waals surface area (Å²) >= 11 is 0. The molecule has 0 aliphatic rings. The van der Waals surface area contributed by atoms with Gasteiger partial charge in [-0.2, -0.15) is 5.26 Å². The van der Waals surface area contributed by atoms with Crippen LogP contribution in [0.5, 0.6) is 0 Å². The largest absolute Gasteiger partial charge is 0.303 e. The van der Waals surface area contributed by atoms with E-state index in [1.165, 1.54) is 0 Å². The average molecular weight is 187 g/mol. The summed E-state index contributed by atoms with van der Waals surface area (Å²) in [5, 5.41) is 8.74. The second-order valence-electron chi connectivity index (χ2n) is 2.63. The lowest BCUT2D eigenvalue weighted by molar-refractivity contribution is 1.11. The van der Waals surface area contributed by atoms with Gasteiger partial charge in [-0.3, -0.25) is 0 Å². The van der Waals surface area contributed by atoms with Gasteiger partial charge in [-0.15, -0.1) is 0 Å². The first-order valence-electron chi connectivity index (χ1n) is 4.65. The molecule has 0 aliphatic heterocycles. The van der Waals surface area contributed by atoms with Crippen LogP contribution < -0.4 is 0 Å². The van der Waals surface area contributed by atoms with Crippen LogP contribution in [-0.2, 0) is 0 Å². The van der Waals surface area contributed by atoms with Gasteiger partial charge >= 0.3 is 0 Å². The Kier molecular flexibility index (Phi) is 3.24. The van der Waals surface area contributed by atoms with Crippen molar-refractivity contribution in [3.63, 3.8) is 0 Å². The first kappa shape index (κ1) is 10.3. The van der Waals surface area contributed by atoms with Crippen LogP contribution in [0.1, 0.15) is 25.1 Å². The molecule has 2 aromatic rings. The third-order valence-corrected chi connectivity index (χ3v) is 1.84. The number of nitrogens with zero attached hydrogens (tertiary/aromatic N) is 3. The number of pyridine rings is 1. The van der Waals surface area contributed by atoms with Gasteiger partial charge in [0.1, 0.15) is 6.07 Å². The van der Waals surface area contributed by atoms with Gasteiger partial charge < -0.3 is 4.40 Å². The van der Waals surface area contributed by atoms with Crippen LogP contribution in [-0.4, -0.2) is 9.38 Å². The van der Waals surface area contributed by atoms with Crippen molar-refractivity contribution < 1.29 is 0 Å².